The molecule has 2 aromatic carbocycles. The number of hydrogen-bond donors (Lipinski definition) is 1. The van der Waals surface area contributed by atoms with Gasteiger partial charge >= 0.3 is 0 Å². The topological polar surface area (TPSA) is 64.6 Å². The number of nitrogens with zero attached hydrogens (tertiary/aromatic N) is 5. The van der Waals surface area contributed by atoms with E-state index in [0.29, 0.717) is 16.6 Å². The normalized spacial score (nSPS) is 16.6. The fourth-order valence-electron chi connectivity index (χ4n) is 4.20. The van der Waals surface area contributed by atoms with Crippen LogP contribution in [0.2, 0.25) is 10.0 Å². The molecule has 0 radical (unpaired) electrons. The summed E-state index contributed by atoms with van der Waals surface area (Å²) in [4.78, 5) is 28.6. The van der Waals surface area contributed by atoms with Crippen molar-refractivity contribution in [3.63, 3.8) is 0 Å². The number of rotatable bonds is 6. The van der Waals surface area contributed by atoms with Crippen molar-refractivity contribution in [2.45, 2.75) is 25.4 Å². The van der Waals surface area contributed by atoms with E-state index < -0.39 is 0 Å². The van der Waals surface area contributed by atoms with Gasteiger partial charge in [0, 0.05) is 68.5 Å². The van der Waals surface area contributed by atoms with Crippen molar-refractivity contribution in [2.75, 3.05) is 50.5 Å². The van der Waals surface area contributed by atoms with Crippen LogP contribution in [0.1, 0.15) is 28.8 Å². The lowest BCUT2D eigenvalue weighted by molar-refractivity contribution is 0.0827. The number of benzene rings is 2. The SMILES string of the molecule is CN(C)C(=O)c1ccc2nc(NC3CC3)c(N3CCN(Cc4cc(Cl)ccc4Cl)CC3)nc2c1. The first-order valence-electron chi connectivity index (χ1n) is 11.6. The second-order valence-electron chi connectivity index (χ2n) is 9.22. The number of halogens is 2. The molecule has 5 rings (SSSR count). The van der Waals surface area contributed by atoms with Gasteiger partial charge in [-0.2, -0.15) is 0 Å². The summed E-state index contributed by atoms with van der Waals surface area (Å²) in [5.41, 5.74) is 3.18. The zero-order chi connectivity index (χ0) is 23.8. The molecule has 1 amide bonds. The summed E-state index contributed by atoms with van der Waals surface area (Å²) in [5.74, 6) is 1.64. The molecule has 1 N–H and O–H groups in total. The molecule has 2 aliphatic rings. The third kappa shape index (κ3) is 5.06. The van der Waals surface area contributed by atoms with Crippen LogP contribution in [-0.4, -0.2) is 72.0 Å². The zero-order valence-electron chi connectivity index (χ0n) is 19.4. The fourth-order valence-corrected chi connectivity index (χ4v) is 4.57. The maximum Gasteiger partial charge on any atom is 0.253 e. The predicted octanol–water partition coefficient (Wildman–Crippen LogP) is 4.53. The molecule has 178 valence electrons. The van der Waals surface area contributed by atoms with Crippen molar-refractivity contribution in [3.8, 4) is 0 Å². The van der Waals surface area contributed by atoms with Crippen molar-refractivity contribution in [3.05, 3.63) is 57.6 Å². The molecule has 0 spiro atoms. The number of carbonyl (C=O) groups is 1. The molecule has 3 aromatic rings. The van der Waals surface area contributed by atoms with E-state index in [-0.39, 0.29) is 5.91 Å². The fraction of sp³-hybridized carbons (Fsp3) is 0.400. The number of hydrogen-bond acceptors (Lipinski definition) is 6. The Morgan fingerprint density at radius 1 is 1.03 bits per heavy atom. The van der Waals surface area contributed by atoms with Crippen molar-refractivity contribution < 1.29 is 4.79 Å². The first kappa shape index (κ1) is 23.1. The molecule has 1 saturated carbocycles. The Labute approximate surface area is 209 Å². The number of anilines is 2. The molecular weight excluding hydrogens is 471 g/mol. The summed E-state index contributed by atoms with van der Waals surface area (Å²) >= 11 is 12.5. The van der Waals surface area contributed by atoms with Crippen molar-refractivity contribution in [1.29, 1.82) is 0 Å². The first-order valence-corrected chi connectivity index (χ1v) is 12.3. The molecule has 0 bridgehead atoms. The molecule has 1 aliphatic heterocycles. The average molecular weight is 499 g/mol. The Morgan fingerprint density at radius 3 is 2.50 bits per heavy atom. The van der Waals surface area contributed by atoms with Gasteiger partial charge in [-0.05, 0) is 54.8 Å². The third-order valence-corrected chi connectivity index (χ3v) is 6.89. The van der Waals surface area contributed by atoms with Crippen molar-refractivity contribution in [1.82, 2.24) is 19.8 Å². The first-order chi connectivity index (χ1) is 16.4. The second kappa shape index (κ2) is 9.56. The van der Waals surface area contributed by atoms with Crippen LogP contribution in [0.4, 0.5) is 11.6 Å². The van der Waals surface area contributed by atoms with E-state index in [1.54, 1.807) is 19.0 Å². The minimum Gasteiger partial charge on any atom is -0.364 e. The molecule has 2 heterocycles. The molecule has 34 heavy (non-hydrogen) atoms. The highest BCUT2D eigenvalue weighted by atomic mass is 35.5. The van der Waals surface area contributed by atoms with E-state index in [0.717, 1.165) is 78.8 Å². The maximum atomic E-state index is 12.5. The Kier molecular flexibility index (Phi) is 6.51. The molecule has 1 aromatic heterocycles. The summed E-state index contributed by atoms with van der Waals surface area (Å²) in [6.45, 7) is 4.18. The summed E-state index contributed by atoms with van der Waals surface area (Å²) < 4.78 is 0. The molecule has 1 saturated heterocycles. The van der Waals surface area contributed by atoms with E-state index in [2.05, 4.69) is 15.1 Å². The molecular formula is C25H28Cl2N6O. The standard InChI is InChI=1S/C25H28Cl2N6O/c1-31(2)25(34)16-3-8-21-22(14-16)30-24(23(29-21)28-19-5-6-19)33-11-9-32(10-12-33)15-17-13-18(26)4-7-20(17)27/h3-4,7-8,13-14,19H,5-6,9-12,15H2,1-2H3,(H,28,29). The highest BCUT2D eigenvalue weighted by molar-refractivity contribution is 6.33. The number of amides is 1. The average Bonchev–Trinajstić information content (AvgIpc) is 3.65. The van der Waals surface area contributed by atoms with Gasteiger partial charge in [0.2, 0.25) is 0 Å². The van der Waals surface area contributed by atoms with Crippen molar-refractivity contribution in [2.24, 2.45) is 0 Å². The Bertz CT molecular complexity index is 1220. The smallest absolute Gasteiger partial charge is 0.253 e. The minimum atomic E-state index is -0.0428. The Hall–Kier alpha value is -2.61. The highest BCUT2D eigenvalue weighted by Gasteiger charge is 2.27. The van der Waals surface area contributed by atoms with Crippen LogP contribution in [0.25, 0.3) is 11.0 Å². The summed E-state index contributed by atoms with van der Waals surface area (Å²) in [6, 6.07) is 11.6. The van der Waals surface area contributed by atoms with Crippen LogP contribution in [0, 0.1) is 0 Å². The van der Waals surface area contributed by atoms with Crippen LogP contribution < -0.4 is 10.2 Å². The van der Waals surface area contributed by atoms with Gasteiger partial charge in [0.05, 0.1) is 11.0 Å². The van der Waals surface area contributed by atoms with E-state index in [1.807, 2.05) is 36.4 Å². The monoisotopic (exact) mass is 498 g/mol. The molecule has 2 fully saturated rings. The number of aromatic nitrogens is 2. The zero-order valence-corrected chi connectivity index (χ0v) is 20.9. The lowest BCUT2D eigenvalue weighted by Gasteiger charge is -2.36. The predicted molar refractivity (Wildman–Crippen MR) is 138 cm³/mol. The Morgan fingerprint density at radius 2 is 1.79 bits per heavy atom. The quantitative estimate of drug-likeness (QED) is 0.538. The van der Waals surface area contributed by atoms with Gasteiger partial charge in [0.15, 0.2) is 11.6 Å². The summed E-state index contributed by atoms with van der Waals surface area (Å²) in [6.07, 6.45) is 2.31. The molecule has 0 unspecified atom stereocenters. The van der Waals surface area contributed by atoms with Crippen LogP contribution in [0.5, 0.6) is 0 Å². The molecule has 0 atom stereocenters. The third-order valence-electron chi connectivity index (χ3n) is 6.29. The van der Waals surface area contributed by atoms with E-state index in [1.165, 1.54) is 0 Å². The van der Waals surface area contributed by atoms with Gasteiger partial charge in [0.25, 0.3) is 5.91 Å². The largest absolute Gasteiger partial charge is 0.364 e. The Balaban J connectivity index is 1.38. The molecule has 9 heteroatoms. The van der Waals surface area contributed by atoms with Gasteiger partial charge in [-0.3, -0.25) is 9.69 Å². The number of nitrogens with one attached hydrogen (secondary N) is 1. The highest BCUT2D eigenvalue weighted by Crippen LogP contribution is 2.32. The number of carbonyl (C=O) groups excluding carboxylic acids is 1. The van der Waals surface area contributed by atoms with E-state index in [9.17, 15) is 4.79 Å². The van der Waals surface area contributed by atoms with Crippen LogP contribution >= 0.6 is 23.2 Å². The van der Waals surface area contributed by atoms with Gasteiger partial charge < -0.3 is 15.1 Å². The van der Waals surface area contributed by atoms with Gasteiger partial charge in [0.1, 0.15) is 0 Å². The maximum absolute atomic E-state index is 12.5. The lowest BCUT2D eigenvalue weighted by atomic mass is 10.1. The van der Waals surface area contributed by atoms with Gasteiger partial charge in [-0.1, -0.05) is 23.2 Å². The number of piperazine rings is 1. The number of fused-ring (bicyclic) bond motifs is 1. The summed E-state index contributed by atoms with van der Waals surface area (Å²) in [5, 5.41) is 5.00. The van der Waals surface area contributed by atoms with Crippen LogP contribution in [0.3, 0.4) is 0 Å². The van der Waals surface area contributed by atoms with Gasteiger partial charge in [-0.15, -0.1) is 0 Å². The summed E-state index contributed by atoms with van der Waals surface area (Å²) in [7, 11) is 3.50. The van der Waals surface area contributed by atoms with Crippen LogP contribution in [0.15, 0.2) is 36.4 Å². The van der Waals surface area contributed by atoms with Crippen molar-refractivity contribution >= 4 is 51.8 Å². The second-order valence-corrected chi connectivity index (χ2v) is 10.1. The van der Waals surface area contributed by atoms with E-state index in [4.69, 9.17) is 33.2 Å². The minimum absolute atomic E-state index is 0.0428. The van der Waals surface area contributed by atoms with E-state index >= 15 is 0 Å². The molecule has 1 aliphatic carbocycles. The molecule has 7 nitrogen and oxygen atoms in total. The lowest BCUT2D eigenvalue weighted by Crippen LogP contribution is -2.46. The van der Waals surface area contributed by atoms with Crippen LogP contribution in [-0.2, 0) is 6.54 Å². The van der Waals surface area contributed by atoms with Gasteiger partial charge in [-0.25, -0.2) is 9.97 Å².